The van der Waals surface area contributed by atoms with E-state index in [0.717, 1.165) is 5.69 Å². The number of aliphatic hydroxyl groups excluding tert-OH is 1. The molecule has 0 radical (unpaired) electrons. The zero-order valence-corrected chi connectivity index (χ0v) is 6.99. The Hall–Kier alpha value is -1.13. The van der Waals surface area contributed by atoms with Crippen molar-refractivity contribution in [3.8, 4) is 0 Å². The summed E-state index contributed by atoms with van der Waals surface area (Å²) in [4.78, 5) is 4.07. The van der Waals surface area contributed by atoms with Gasteiger partial charge in [-0.3, -0.25) is 0 Å². The molecule has 0 aliphatic carbocycles. The summed E-state index contributed by atoms with van der Waals surface area (Å²) in [7, 11) is 1.77. The van der Waals surface area contributed by atoms with Gasteiger partial charge in [-0.05, 0) is 19.2 Å². The van der Waals surface area contributed by atoms with E-state index in [0.29, 0.717) is 5.82 Å². The van der Waals surface area contributed by atoms with Crippen LogP contribution in [-0.4, -0.2) is 23.7 Å². The maximum atomic E-state index is 8.93. The van der Waals surface area contributed by atoms with Crippen LogP contribution < -0.4 is 11.1 Å². The molecule has 4 heteroatoms. The molecule has 0 fully saturated rings. The molecular weight excluding hydrogens is 154 g/mol. The lowest BCUT2D eigenvalue weighted by Gasteiger charge is -2.11. The monoisotopic (exact) mass is 167 g/mol. The highest BCUT2D eigenvalue weighted by Gasteiger charge is 2.07. The third-order valence-electron chi connectivity index (χ3n) is 1.68. The van der Waals surface area contributed by atoms with E-state index in [-0.39, 0.29) is 12.6 Å². The summed E-state index contributed by atoms with van der Waals surface area (Å²) >= 11 is 0. The number of hydrogen-bond donors (Lipinski definition) is 3. The molecule has 4 nitrogen and oxygen atoms in total. The van der Waals surface area contributed by atoms with Crippen molar-refractivity contribution in [2.24, 2.45) is 0 Å². The summed E-state index contributed by atoms with van der Waals surface area (Å²) in [5.74, 6) is 0.473. The third-order valence-corrected chi connectivity index (χ3v) is 1.68. The second kappa shape index (κ2) is 4.04. The Morgan fingerprint density at radius 3 is 2.92 bits per heavy atom. The summed E-state index contributed by atoms with van der Waals surface area (Å²) < 4.78 is 0. The smallest absolute Gasteiger partial charge is 0.123 e. The zero-order chi connectivity index (χ0) is 8.97. The number of anilines is 1. The van der Waals surface area contributed by atoms with Crippen LogP contribution in [0.3, 0.4) is 0 Å². The average Bonchev–Trinajstić information content (AvgIpc) is 2.07. The number of nitrogen functional groups attached to an aromatic ring is 1. The van der Waals surface area contributed by atoms with Gasteiger partial charge in [0.1, 0.15) is 5.82 Å². The van der Waals surface area contributed by atoms with Crippen molar-refractivity contribution in [2.75, 3.05) is 19.4 Å². The van der Waals surface area contributed by atoms with Crippen molar-refractivity contribution in [1.82, 2.24) is 10.3 Å². The maximum Gasteiger partial charge on any atom is 0.123 e. The van der Waals surface area contributed by atoms with Crippen molar-refractivity contribution >= 4 is 5.82 Å². The molecule has 0 aliphatic rings. The third kappa shape index (κ3) is 1.93. The minimum atomic E-state index is -0.131. The SMILES string of the molecule is CN[C@H](CO)c1cccc(N)n1. The Labute approximate surface area is 71.4 Å². The number of nitrogens with two attached hydrogens (primary N) is 1. The first-order valence-corrected chi connectivity index (χ1v) is 3.78. The van der Waals surface area contributed by atoms with Gasteiger partial charge in [-0.2, -0.15) is 0 Å². The van der Waals surface area contributed by atoms with E-state index in [9.17, 15) is 0 Å². The number of aliphatic hydroxyl groups is 1. The van der Waals surface area contributed by atoms with Crippen LogP contribution in [0.25, 0.3) is 0 Å². The highest BCUT2D eigenvalue weighted by atomic mass is 16.3. The van der Waals surface area contributed by atoms with Gasteiger partial charge in [-0.15, -0.1) is 0 Å². The van der Waals surface area contributed by atoms with Gasteiger partial charge in [0, 0.05) is 0 Å². The number of pyridine rings is 1. The number of nitrogens with one attached hydrogen (secondary N) is 1. The van der Waals surface area contributed by atoms with Crippen molar-refractivity contribution < 1.29 is 5.11 Å². The molecule has 0 unspecified atom stereocenters. The van der Waals surface area contributed by atoms with Crippen molar-refractivity contribution in [3.63, 3.8) is 0 Å². The minimum Gasteiger partial charge on any atom is -0.394 e. The van der Waals surface area contributed by atoms with E-state index in [1.54, 1.807) is 13.1 Å². The van der Waals surface area contributed by atoms with Crippen LogP contribution in [0.4, 0.5) is 5.82 Å². The zero-order valence-electron chi connectivity index (χ0n) is 6.99. The number of likely N-dealkylation sites (N-methyl/N-ethyl adjacent to an activating group) is 1. The molecule has 0 saturated heterocycles. The minimum absolute atomic E-state index is 0.0208. The summed E-state index contributed by atoms with van der Waals surface area (Å²) in [5, 5.41) is 11.9. The van der Waals surface area contributed by atoms with E-state index in [4.69, 9.17) is 10.8 Å². The van der Waals surface area contributed by atoms with Gasteiger partial charge in [0.2, 0.25) is 0 Å². The lowest BCUT2D eigenvalue weighted by atomic mass is 10.2. The van der Waals surface area contributed by atoms with E-state index in [1.807, 2.05) is 12.1 Å². The standard InChI is InChI=1S/C8H13N3O/c1-10-7(5-12)6-3-2-4-8(9)11-6/h2-4,7,10,12H,5H2,1H3,(H2,9,11)/t7-/m1/s1. The number of nitrogens with zero attached hydrogens (tertiary/aromatic N) is 1. The maximum absolute atomic E-state index is 8.93. The molecule has 0 amide bonds. The molecule has 0 saturated carbocycles. The molecule has 66 valence electrons. The predicted molar refractivity (Wildman–Crippen MR) is 47.5 cm³/mol. The Bertz CT molecular complexity index is 248. The van der Waals surface area contributed by atoms with Crippen LogP contribution in [0.5, 0.6) is 0 Å². The largest absolute Gasteiger partial charge is 0.394 e. The normalized spacial score (nSPS) is 12.8. The second-order valence-electron chi connectivity index (χ2n) is 2.51. The molecule has 1 rings (SSSR count). The van der Waals surface area contributed by atoms with Crippen LogP contribution in [0, 0.1) is 0 Å². The molecule has 0 aliphatic heterocycles. The van der Waals surface area contributed by atoms with E-state index in [2.05, 4.69) is 10.3 Å². The van der Waals surface area contributed by atoms with Crippen LogP contribution in [0.15, 0.2) is 18.2 Å². The van der Waals surface area contributed by atoms with Crippen LogP contribution in [0.1, 0.15) is 11.7 Å². The van der Waals surface area contributed by atoms with Crippen LogP contribution >= 0.6 is 0 Å². The second-order valence-corrected chi connectivity index (χ2v) is 2.51. The van der Waals surface area contributed by atoms with Crippen molar-refractivity contribution in [2.45, 2.75) is 6.04 Å². The van der Waals surface area contributed by atoms with Crippen LogP contribution in [0.2, 0.25) is 0 Å². The number of rotatable bonds is 3. The first-order valence-electron chi connectivity index (χ1n) is 3.78. The lowest BCUT2D eigenvalue weighted by Crippen LogP contribution is -2.21. The van der Waals surface area contributed by atoms with Crippen LogP contribution in [-0.2, 0) is 0 Å². The Balaban J connectivity index is 2.85. The molecule has 0 bridgehead atoms. The van der Waals surface area contributed by atoms with E-state index < -0.39 is 0 Å². The molecule has 1 aromatic heterocycles. The number of aromatic nitrogens is 1. The molecule has 1 atom stereocenters. The molecule has 0 spiro atoms. The molecular formula is C8H13N3O. The Kier molecular flexibility index (Phi) is 3.01. The van der Waals surface area contributed by atoms with Gasteiger partial charge >= 0.3 is 0 Å². The van der Waals surface area contributed by atoms with Crippen molar-refractivity contribution in [3.05, 3.63) is 23.9 Å². The van der Waals surface area contributed by atoms with Crippen molar-refractivity contribution in [1.29, 1.82) is 0 Å². The molecule has 1 aromatic rings. The fraction of sp³-hybridized carbons (Fsp3) is 0.375. The fourth-order valence-corrected chi connectivity index (χ4v) is 0.996. The Morgan fingerprint density at radius 2 is 2.42 bits per heavy atom. The van der Waals surface area contributed by atoms with E-state index in [1.165, 1.54) is 0 Å². The van der Waals surface area contributed by atoms with Gasteiger partial charge in [0.05, 0.1) is 18.3 Å². The summed E-state index contributed by atoms with van der Waals surface area (Å²) in [6, 6.07) is 5.23. The summed E-state index contributed by atoms with van der Waals surface area (Å²) in [6.45, 7) is 0.0208. The number of hydrogen-bond acceptors (Lipinski definition) is 4. The lowest BCUT2D eigenvalue weighted by molar-refractivity contribution is 0.248. The van der Waals surface area contributed by atoms with Gasteiger partial charge in [-0.1, -0.05) is 6.07 Å². The van der Waals surface area contributed by atoms with Gasteiger partial charge in [-0.25, -0.2) is 4.98 Å². The first kappa shape index (κ1) is 8.96. The topological polar surface area (TPSA) is 71.2 Å². The molecule has 12 heavy (non-hydrogen) atoms. The highest BCUT2D eigenvalue weighted by Crippen LogP contribution is 2.09. The predicted octanol–water partition coefficient (Wildman–Crippen LogP) is -0.0834. The molecule has 4 N–H and O–H groups in total. The van der Waals surface area contributed by atoms with E-state index >= 15 is 0 Å². The Morgan fingerprint density at radius 1 is 1.67 bits per heavy atom. The summed E-state index contributed by atoms with van der Waals surface area (Å²) in [6.07, 6.45) is 0. The van der Waals surface area contributed by atoms with Gasteiger partial charge < -0.3 is 16.2 Å². The fourth-order valence-electron chi connectivity index (χ4n) is 0.996. The first-order chi connectivity index (χ1) is 5.77. The molecule has 0 aromatic carbocycles. The average molecular weight is 167 g/mol. The highest BCUT2D eigenvalue weighted by molar-refractivity contribution is 5.29. The summed E-state index contributed by atoms with van der Waals surface area (Å²) in [5.41, 5.74) is 6.25. The molecule has 1 heterocycles. The quantitative estimate of drug-likeness (QED) is 0.588. The van der Waals surface area contributed by atoms with Gasteiger partial charge in [0.25, 0.3) is 0 Å². The van der Waals surface area contributed by atoms with Gasteiger partial charge in [0.15, 0.2) is 0 Å².